The molecule has 4 nitrogen and oxygen atoms in total. The Balaban J connectivity index is 0.000000156. The minimum atomic E-state index is -0.125. The molecule has 0 heterocycles. The first-order valence-electron chi connectivity index (χ1n) is 10.7. The molecule has 4 fully saturated rings. The van der Waals surface area contributed by atoms with Crippen molar-refractivity contribution < 1.29 is 19.1 Å². The van der Waals surface area contributed by atoms with Crippen LogP contribution >= 0.6 is 0 Å². The maximum Gasteiger partial charge on any atom is 0.302 e. The first-order valence-corrected chi connectivity index (χ1v) is 10.7. The molecule has 4 saturated carbocycles. The lowest BCUT2D eigenvalue weighted by Crippen LogP contribution is -2.37. The van der Waals surface area contributed by atoms with E-state index in [1.807, 2.05) is 0 Å². The molecule has 4 aliphatic carbocycles. The van der Waals surface area contributed by atoms with Gasteiger partial charge in [0.2, 0.25) is 0 Å². The number of carbonyl (C=O) groups is 2. The highest BCUT2D eigenvalue weighted by molar-refractivity contribution is 5.66. The predicted octanol–water partition coefficient (Wildman–Crippen LogP) is 5.14. The first-order chi connectivity index (χ1) is 12.4. The molecule has 4 bridgehead atoms. The van der Waals surface area contributed by atoms with E-state index in [1.165, 1.54) is 32.6 Å². The van der Waals surface area contributed by atoms with Crippen LogP contribution in [0.5, 0.6) is 0 Å². The van der Waals surface area contributed by atoms with Crippen LogP contribution in [0, 0.1) is 33.5 Å². The molecule has 0 aromatic rings. The topological polar surface area (TPSA) is 52.6 Å². The highest BCUT2D eigenvalue weighted by Crippen LogP contribution is 2.67. The zero-order valence-corrected chi connectivity index (χ0v) is 18.3. The average molecular weight is 379 g/mol. The van der Waals surface area contributed by atoms with Crippen molar-refractivity contribution in [2.24, 2.45) is 33.5 Å². The quantitative estimate of drug-likeness (QED) is 0.504. The van der Waals surface area contributed by atoms with E-state index in [2.05, 4.69) is 41.5 Å². The second-order valence-corrected chi connectivity index (χ2v) is 11.0. The summed E-state index contributed by atoms with van der Waals surface area (Å²) in [5.74, 6) is 1.37. The third-order valence-corrected chi connectivity index (χ3v) is 9.96. The maximum atomic E-state index is 11.0. The molecule has 0 amide bonds. The highest BCUT2D eigenvalue weighted by Gasteiger charge is 2.63. The number of hydrogen-bond acceptors (Lipinski definition) is 4. The summed E-state index contributed by atoms with van der Waals surface area (Å²) in [6, 6.07) is 0. The molecular formula is C23H38O4. The summed E-state index contributed by atoms with van der Waals surface area (Å²) in [5.41, 5.74) is 1.12. The van der Waals surface area contributed by atoms with Crippen LogP contribution in [0.2, 0.25) is 0 Å². The fraction of sp³-hybridized carbons (Fsp3) is 0.913. The molecule has 0 aliphatic heterocycles. The number of esters is 1. The summed E-state index contributed by atoms with van der Waals surface area (Å²) in [5, 5.41) is 0. The summed E-state index contributed by atoms with van der Waals surface area (Å²) in [6.45, 7) is 16.0. The van der Waals surface area contributed by atoms with Gasteiger partial charge in [-0.1, -0.05) is 41.5 Å². The molecule has 0 aromatic heterocycles. The Labute approximate surface area is 164 Å². The van der Waals surface area contributed by atoms with Gasteiger partial charge in [-0.15, -0.1) is 0 Å². The number of hydrogen-bond donors (Lipinski definition) is 0. The van der Waals surface area contributed by atoms with E-state index in [0.29, 0.717) is 17.3 Å². The zero-order valence-electron chi connectivity index (χ0n) is 18.3. The molecule has 6 atom stereocenters. The molecule has 0 radical (unpaired) electrons. The molecule has 27 heavy (non-hydrogen) atoms. The van der Waals surface area contributed by atoms with Crippen LogP contribution in [0.3, 0.4) is 0 Å². The standard InChI is InChI=1S/C12H20O2.C11H18O2/c1-8(13)14-10-7-9-5-6-12(10,4)11(9,2)3;1-10(2)8-4-5-11(10,3)9(6-8)13-7-12/h9-10H,5-7H2,1-4H3;7-9H,4-6H2,1-3H3. The van der Waals surface area contributed by atoms with Crippen LogP contribution in [0.15, 0.2) is 0 Å². The summed E-state index contributed by atoms with van der Waals surface area (Å²) >= 11 is 0. The predicted molar refractivity (Wildman–Crippen MR) is 105 cm³/mol. The van der Waals surface area contributed by atoms with Crippen LogP contribution in [-0.2, 0) is 19.1 Å². The molecule has 0 N–H and O–H groups in total. The van der Waals surface area contributed by atoms with Crippen LogP contribution in [-0.4, -0.2) is 24.6 Å². The van der Waals surface area contributed by atoms with E-state index in [-0.39, 0.29) is 29.0 Å². The van der Waals surface area contributed by atoms with Crippen molar-refractivity contribution in [1.82, 2.24) is 0 Å². The Morgan fingerprint density at radius 3 is 1.59 bits per heavy atom. The summed E-state index contributed by atoms with van der Waals surface area (Å²) in [7, 11) is 0. The Bertz CT molecular complexity index is 609. The molecule has 4 aliphatic rings. The smallest absolute Gasteiger partial charge is 0.302 e. The Kier molecular flexibility index (Phi) is 4.97. The van der Waals surface area contributed by atoms with E-state index in [4.69, 9.17) is 9.47 Å². The second-order valence-electron chi connectivity index (χ2n) is 11.0. The zero-order chi connectivity index (χ0) is 20.3. The van der Waals surface area contributed by atoms with Crippen molar-refractivity contribution in [1.29, 1.82) is 0 Å². The second kappa shape index (κ2) is 6.49. The van der Waals surface area contributed by atoms with Crippen LogP contribution < -0.4 is 0 Å². The lowest BCUT2D eigenvalue weighted by atomic mass is 9.70. The lowest BCUT2D eigenvalue weighted by Gasteiger charge is -2.38. The van der Waals surface area contributed by atoms with Gasteiger partial charge in [-0.25, -0.2) is 0 Å². The summed E-state index contributed by atoms with van der Waals surface area (Å²) in [4.78, 5) is 21.4. The minimum Gasteiger partial charge on any atom is -0.464 e. The van der Waals surface area contributed by atoms with Gasteiger partial charge >= 0.3 is 5.97 Å². The van der Waals surface area contributed by atoms with Gasteiger partial charge in [0.15, 0.2) is 0 Å². The summed E-state index contributed by atoms with van der Waals surface area (Å²) in [6.07, 6.45) is 7.51. The Morgan fingerprint density at radius 1 is 0.852 bits per heavy atom. The van der Waals surface area contributed by atoms with Crippen LogP contribution in [0.1, 0.15) is 87.0 Å². The normalized spacial score (nSPS) is 45.1. The number of fused-ring (bicyclic) bond motifs is 4. The lowest BCUT2D eigenvalue weighted by molar-refractivity contribution is -0.154. The van der Waals surface area contributed by atoms with E-state index in [1.54, 1.807) is 0 Å². The van der Waals surface area contributed by atoms with Crippen molar-refractivity contribution in [3.8, 4) is 0 Å². The highest BCUT2D eigenvalue weighted by atomic mass is 16.5. The van der Waals surface area contributed by atoms with Crippen molar-refractivity contribution in [3.05, 3.63) is 0 Å². The van der Waals surface area contributed by atoms with Gasteiger partial charge in [0, 0.05) is 17.8 Å². The molecule has 0 saturated heterocycles. The minimum absolute atomic E-state index is 0.125. The van der Waals surface area contributed by atoms with Crippen LogP contribution in [0.4, 0.5) is 0 Å². The average Bonchev–Trinajstić information content (AvgIpc) is 3.07. The van der Waals surface area contributed by atoms with Crippen molar-refractivity contribution in [2.75, 3.05) is 0 Å². The number of ether oxygens (including phenoxy) is 2. The van der Waals surface area contributed by atoms with Gasteiger partial charge in [-0.05, 0) is 61.2 Å². The van der Waals surface area contributed by atoms with Gasteiger partial charge in [0.1, 0.15) is 12.2 Å². The SMILES string of the molecule is CC(=O)OC1CC2CCC1(C)C2(C)C.CC1(C)C2CCC1(C)C(OC=O)C2. The number of rotatable bonds is 3. The van der Waals surface area contributed by atoms with Gasteiger partial charge in [0.25, 0.3) is 6.47 Å². The molecule has 6 unspecified atom stereocenters. The van der Waals surface area contributed by atoms with E-state index < -0.39 is 0 Å². The Morgan fingerprint density at radius 2 is 1.30 bits per heavy atom. The third kappa shape index (κ3) is 2.84. The third-order valence-electron chi connectivity index (χ3n) is 9.96. The van der Waals surface area contributed by atoms with Crippen molar-refractivity contribution in [3.63, 3.8) is 0 Å². The number of carbonyl (C=O) groups excluding carboxylic acids is 2. The molecular weight excluding hydrogens is 340 g/mol. The van der Waals surface area contributed by atoms with Gasteiger partial charge in [-0.3, -0.25) is 9.59 Å². The van der Waals surface area contributed by atoms with Crippen molar-refractivity contribution >= 4 is 12.4 Å². The molecule has 0 spiro atoms. The van der Waals surface area contributed by atoms with E-state index >= 15 is 0 Å². The molecule has 4 heteroatoms. The van der Waals surface area contributed by atoms with Gasteiger partial charge < -0.3 is 9.47 Å². The Hall–Kier alpha value is -1.06. The fourth-order valence-corrected chi connectivity index (χ4v) is 6.91. The maximum absolute atomic E-state index is 11.0. The van der Waals surface area contributed by atoms with E-state index in [9.17, 15) is 9.59 Å². The van der Waals surface area contributed by atoms with Crippen molar-refractivity contribution in [2.45, 2.75) is 99.2 Å². The van der Waals surface area contributed by atoms with Gasteiger partial charge in [-0.2, -0.15) is 0 Å². The fourth-order valence-electron chi connectivity index (χ4n) is 6.91. The molecule has 154 valence electrons. The van der Waals surface area contributed by atoms with Crippen LogP contribution in [0.25, 0.3) is 0 Å². The monoisotopic (exact) mass is 378 g/mol. The van der Waals surface area contributed by atoms with E-state index in [0.717, 1.165) is 24.7 Å². The first kappa shape index (κ1) is 20.7. The van der Waals surface area contributed by atoms with Gasteiger partial charge in [0.05, 0.1) is 0 Å². The largest absolute Gasteiger partial charge is 0.464 e. The molecule has 4 rings (SSSR count). The summed E-state index contributed by atoms with van der Waals surface area (Å²) < 4.78 is 10.6. The molecule has 0 aromatic carbocycles.